The van der Waals surface area contributed by atoms with Crippen LogP contribution in [0, 0.1) is 6.92 Å². The van der Waals surface area contributed by atoms with Crippen LogP contribution in [0.5, 0.6) is 0 Å². The second-order valence-electron chi connectivity index (χ2n) is 3.62. The molecule has 2 aromatic rings. The molecule has 0 aliphatic carbocycles. The van der Waals surface area contributed by atoms with E-state index in [2.05, 4.69) is 39.6 Å². The summed E-state index contributed by atoms with van der Waals surface area (Å²) in [4.78, 5) is 0. The number of nitrogens with one attached hydrogen (secondary N) is 1. The Labute approximate surface area is 108 Å². The topological polar surface area (TPSA) is 25.2 Å². The first-order valence-electron chi connectivity index (χ1n) is 5.24. The average Bonchev–Trinajstić information content (AvgIpc) is 2.84. The predicted molar refractivity (Wildman–Crippen MR) is 71.0 cm³/mol. The lowest BCUT2D eigenvalue weighted by atomic mass is 10.1. The van der Waals surface area contributed by atoms with E-state index in [1.54, 1.807) is 11.3 Å². The lowest BCUT2D eigenvalue weighted by molar-refractivity contribution is 0.435. The number of hydrogen-bond acceptors (Lipinski definition) is 3. The molecule has 0 aromatic carbocycles. The Morgan fingerprint density at radius 1 is 1.50 bits per heavy atom. The normalized spacial score (nSPS) is 12.9. The van der Waals surface area contributed by atoms with Crippen LogP contribution in [-0.4, -0.2) is 6.54 Å². The van der Waals surface area contributed by atoms with Crippen molar-refractivity contribution in [2.24, 2.45) is 0 Å². The van der Waals surface area contributed by atoms with Gasteiger partial charge >= 0.3 is 0 Å². The predicted octanol–water partition coefficient (Wildman–Crippen LogP) is 4.11. The van der Waals surface area contributed by atoms with Gasteiger partial charge in [0.2, 0.25) is 0 Å². The van der Waals surface area contributed by atoms with E-state index >= 15 is 0 Å². The van der Waals surface area contributed by atoms with Crippen molar-refractivity contribution in [1.29, 1.82) is 0 Å². The minimum absolute atomic E-state index is 0.154. The highest BCUT2D eigenvalue weighted by atomic mass is 79.9. The van der Waals surface area contributed by atoms with Crippen molar-refractivity contribution < 1.29 is 4.42 Å². The average molecular weight is 300 g/mol. The molecule has 0 aliphatic rings. The SMILES string of the molecule is CCNC(c1csc(Br)c1)c1ccc(C)o1. The fourth-order valence-corrected chi connectivity index (χ4v) is 2.87. The molecule has 2 heterocycles. The summed E-state index contributed by atoms with van der Waals surface area (Å²) in [5, 5.41) is 5.58. The summed E-state index contributed by atoms with van der Waals surface area (Å²) in [5.41, 5.74) is 1.24. The summed E-state index contributed by atoms with van der Waals surface area (Å²) in [5.74, 6) is 1.93. The van der Waals surface area contributed by atoms with Crippen LogP contribution in [0.25, 0.3) is 0 Å². The van der Waals surface area contributed by atoms with Gasteiger partial charge in [-0.05, 0) is 58.5 Å². The molecule has 4 heteroatoms. The van der Waals surface area contributed by atoms with Crippen LogP contribution in [0.3, 0.4) is 0 Å². The Bertz CT molecular complexity index is 423. The van der Waals surface area contributed by atoms with Crippen LogP contribution in [0.2, 0.25) is 0 Å². The molecule has 1 atom stereocenters. The van der Waals surface area contributed by atoms with Crippen molar-refractivity contribution in [2.75, 3.05) is 6.54 Å². The molecule has 0 aliphatic heterocycles. The number of furan rings is 1. The second kappa shape index (κ2) is 5.17. The molecular formula is C12H14BrNOS. The first-order chi connectivity index (χ1) is 7.70. The van der Waals surface area contributed by atoms with Gasteiger partial charge in [0.1, 0.15) is 11.5 Å². The summed E-state index contributed by atoms with van der Waals surface area (Å²) in [7, 11) is 0. The summed E-state index contributed by atoms with van der Waals surface area (Å²) in [6.07, 6.45) is 0. The Hall–Kier alpha value is -0.580. The lowest BCUT2D eigenvalue weighted by Crippen LogP contribution is -2.20. The number of thiophene rings is 1. The zero-order valence-electron chi connectivity index (χ0n) is 9.29. The molecule has 0 bridgehead atoms. The maximum atomic E-state index is 5.69. The molecule has 0 saturated heterocycles. The van der Waals surface area contributed by atoms with Gasteiger partial charge in [-0.3, -0.25) is 0 Å². The largest absolute Gasteiger partial charge is 0.464 e. The maximum absolute atomic E-state index is 5.69. The number of aryl methyl sites for hydroxylation is 1. The first kappa shape index (κ1) is 11.9. The summed E-state index contributed by atoms with van der Waals surface area (Å²) < 4.78 is 6.84. The molecular weight excluding hydrogens is 286 g/mol. The van der Waals surface area contributed by atoms with Crippen LogP contribution in [0.1, 0.15) is 30.0 Å². The van der Waals surface area contributed by atoms with E-state index in [-0.39, 0.29) is 6.04 Å². The van der Waals surface area contributed by atoms with E-state index in [0.29, 0.717) is 0 Å². The van der Waals surface area contributed by atoms with Crippen molar-refractivity contribution in [3.63, 3.8) is 0 Å². The highest BCUT2D eigenvalue weighted by Crippen LogP contribution is 2.30. The third-order valence-electron chi connectivity index (χ3n) is 2.37. The molecule has 0 radical (unpaired) electrons. The van der Waals surface area contributed by atoms with Gasteiger partial charge in [-0.15, -0.1) is 11.3 Å². The van der Waals surface area contributed by atoms with Crippen molar-refractivity contribution in [1.82, 2.24) is 5.32 Å². The Morgan fingerprint density at radius 2 is 2.31 bits per heavy atom. The van der Waals surface area contributed by atoms with Gasteiger partial charge in [-0.2, -0.15) is 0 Å². The van der Waals surface area contributed by atoms with Crippen LogP contribution < -0.4 is 5.32 Å². The van der Waals surface area contributed by atoms with Gasteiger partial charge in [-0.1, -0.05) is 6.92 Å². The minimum atomic E-state index is 0.154. The van der Waals surface area contributed by atoms with Gasteiger partial charge in [0.25, 0.3) is 0 Å². The van der Waals surface area contributed by atoms with E-state index in [1.807, 2.05) is 19.1 Å². The van der Waals surface area contributed by atoms with Crippen LogP contribution in [0.15, 0.2) is 31.8 Å². The molecule has 2 nitrogen and oxygen atoms in total. The summed E-state index contributed by atoms with van der Waals surface area (Å²) >= 11 is 5.18. The molecule has 1 N–H and O–H groups in total. The van der Waals surface area contributed by atoms with Crippen LogP contribution in [-0.2, 0) is 0 Å². The molecule has 1 unspecified atom stereocenters. The van der Waals surface area contributed by atoms with Crippen molar-refractivity contribution in [3.8, 4) is 0 Å². The molecule has 86 valence electrons. The minimum Gasteiger partial charge on any atom is -0.464 e. The van der Waals surface area contributed by atoms with E-state index in [0.717, 1.165) is 21.9 Å². The van der Waals surface area contributed by atoms with Gasteiger partial charge < -0.3 is 9.73 Å². The number of hydrogen-bond donors (Lipinski definition) is 1. The van der Waals surface area contributed by atoms with Gasteiger partial charge in [0.15, 0.2) is 0 Å². The summed E-state index contributed by atoms with van der Waals surface area (Å²) in [6, 6.07) is 6.33. The highest BCUT2D eigenvalue weighted by Gasteiger charge is 2.17. The quantitative estimate of drug-likeness (QED) is 0.919. The second-order valence-corrected chi connectivity index (χ2v) is 5.91. The molecule has 0 fully saturated rings. The fourth-order valence-electron chi connectivity index (χ4n) is 1.67. The van der Waals surface area contributed by atoms with E-state index in [4.69, 9.17) is 4.42 Å². The Morgan fingerprint density at radius 3 is 2.81 bits per heavy atom. The smallest absolute Gasteiger partial charge is 0.125 e. The van der Waals surface area contributed by atoms with E-state index < -0.39 is 0 Å². The van der Waals surface area contributed by atoms with Crippen LogP contribution in [0.4, 0.5) is 0 Å². The fraction of sp³-hybridized carbons (Fsp3) is 0.333. The lowest BCUT2D eigenvalue weighted by Gasteiger charge is -2.13. The third kappa shape index (κ3) is 2.56. The van der Waals surface area contributed by atoms with E-state index in [1.165, 1.54) is 5.56 Å². The van der Waals surface area contributed by atoms with E-state index in [9.17, 15) is 0 Å². The van der Waals surface area contributed by atoms with Crippen molar-refractivity contribution >= 4 is 27.3 Å². The Kier molecular flexibility index (Phi) is 3.84. The maximum Gasteiger partial charge on any atom is 0.125 e. The molecule has 0 saturated carbocycles. The highest BCUT2D eigenvalue weighted by molar-refractivity contribution is 9.11. The number of halogens is 1. The molecule has 2 rings (SSSR count). The molecule has 16 heavy (non-hydrogen) atoms. The van der Waals surface area contributed by atoms with Gasteiger partial charge in [0.05, 0.1) is 9.83 Å². The molecule has 0 amide bonds. The Balaban J connectivity index is 2.30. The van der Waals surface area contributed by atoms with Gasteiger partial charge in [-0.25, -0.2) is 0 Å². The van der Waals surface area contributed by atoms with Crippen LogP contribution >= 0.6 is 27.3 Å². The zero-order chi connectivity index (χ0) is 11.5. The monoisotopic (exact) mass is 299 g/mol. The standard InChI is InChI=1S/C12H14BrNOS/c1-3-14-12(9-6-11(13)16-7-9)10-5-4-8(2)15-10/h4-7,12,14H,3H2,1-2H3. The summed E-state index contributed by atoms with van der Waals surface area (Å²) in [6.45, 7) is 4.98. The molecule has 0 spiro atoms. The van der Waals surface area contributed by atoms with Crippen molar-refractivity contribution in [3.05, 3.63) is 44.4 Å². The zero-order valence-corrected chi connectivity index (χ0v) is 11.7. The first-order valence-corrected chi connectivity index (χ1v) is 6.91. The number of rotatable bonds is 4. The van der Waals surface area contributed by atoms with Crippen molar-refractivity contribution in [2.45, 2.75) is 19.9 Å². The third-order valence-corrected chi connectivity index (χ3v) is 3.90. The molecule has 2 aromatic heterocycles. The van der Waals surface area contributed by atoms with Gasteiger partial charge in [0, 0.05) is 0 Å².